The van der Waals surface area contributed by atoms with Crippen molar-refractivity contribution >= 4 is 34.9 Å². The summed E-state index contributed by atoms with van der Waals surface area (Å²) in [5.74, 6) is 0. The third kappa shape index (κ3) is 5.84. The Labute approximate surface area is 211 Å². The number of anilines is 1. The van der Waals surface area contributed by atoms with Crippen LogP contribution >= 0.6 is 23.2 Å². The van der Waals surface area contributed by atoms with Crippen LogP contribution in [-0.2, 0) is 5.60 Å². The molecule has 1 aliphatic carbocycles. The number of urea groups is 1. The number of nitrogens with zero attached hydrogens (tertiary/aromatic N) is 3. The van der Waals surface area contributed by atoms with Gasteiger partial charge in [0.15, 0.2) is 0 Å². The predicted molar refractivity (Wildman–Crippen MR) is 135 cm³/mol. The lowest BCUT2D eigenvalue weighted by Crippen LogP contribution is -2.49. The van der Waals surface area contributed by atoms with Gasteiger partial charge >= 0.3 is 6.03 Å². The van der Waals surface area contributed by atoms with Crippen LogP contribution in [0.3, 0.4) is 0 Å². The number of benzene rings is 2. The molecule has 2 N–H and O–H groups in total. The molecule has 0 spiro atoms. The van der Waals surface area contributed by atoms with E-state index in [1.165, 1.54) is 12.8 Å². The number of hydrogen-bond acceptors (Lipinski definition) is 4. The number of amides is 2. The summed E-state index contributed by atoms with van der Waals surface area (Å²) >= 11 is 12.2. The van der Waals surface area contributed by atoms with Crippen molar-refractivity contribution in [2.75, 3.05) is 31.5 Å². The molecular weight excluding hydrogens is 471 g/mol. The summed E-state index contributed by atoms with van der Waals surface area (Å²) in [7, 11) is 0. The number of aliphatic hydroxyl groups is 1. The first kappa shape index (κ1) is 24.8. The van der Waals surface area contributed by atoms with Crippen LogP contribution in [0.2, 0.25) is 10.0 Å². The second-order valence-corrected chi connectivity index (χ2v) is 10.1. The number of hydrogen-bond donors (Lipinski definition) is 2. The molecule has 1 aliphatic heterocycles. The average Bonchev–Trinajstić information content (AvgIpc) is 3.36. The number of nitrogens with one attached hydrogen (secondary N) is 1. The van der Waals surface area contributed by atoms with Gasteiger partial charge in [0.05, 0.1) is 27.3 Å². The summed E-state index contributed by atoms with van der Waals surface area (Å²) in [6.07, 6.45) is 4.84. The molecule has 180 valence electrons. The van der Waals surface area contributed by atoms with Gasteiger partial charge in [-0.25, -0.2) is 4.79 Å². The van der Waals surface area contributed by atoms with Gasteiger partial charge < -0.3 is 20.2 Å². The number of likely N-dealkylation sites (tertiary alicyclic amines) is 1. The quantitative estimate of drug-likeness (QED) is 0.538. The van der Waals surface area contributed by atoms with E-state index in [-0.39, 0.29) is 12.1 Å². The van der Waals surface area contributed by atoms with Gasteiger partial charge in [0, 0.05) is 24.8 Å². The molecule has 0 bridgehead atoms. The molecule has 1 heterocycles. The fourth-order valence-electron chi connectivity index (χ4n) is 5.03. The molecule has 1 saturated carbocycles. The normalized spacial score (nSPS) is 22.8. The fourth-order valence-corrected chi connectivity index (χ4v) is 5.33. The maximum absolute atomic E-state index is 13.3. The third-order valence-corrected chi connectivity index (χ3v) is 7.78. The Morgan fingerprint density at radius 1 is 1.15 bits per heavy atom. The number of rotatable bonds is 6. The Bertz CT molecular complexity index is 1060. The summed E-state index contributed by atoms with van der Waals surface area (Å²) in [5, 5.41) is 24.4. The molecule has 2 aliphatic rings. The van der Waals surface area contributed by atoms with E-state index in [4.69, 9.17) is 23.2 Å². The maximum atomic E-state index is 13.3. The molecule has 2 aromatic carbocycles. The number of carbonyl (C=O) groups excluding carboxylic acids is 1. The zero-order valence-electron chi connectivity index (χ0n) is 19.1. The Morgan fingerprint density at radius 2 is 1.88 bits per heavy atom. The van der Waals surface area contributed by atoms with Crippen LogP contribution in [0.25, 0.3) is 0 Å². The topological polar surface area (TPSA) is 79.6 Å². The SMILES string of the molecule is N#Cc1cccc([C@]2(O)CC[C@H](N(CCN3CCCC3)C(=O)Nc3ccc(Cl)c(Cl)c3)CC2)c1. The first-order valence-electron chi connectivity index (χ1n) is 11.9. The van der Waals surface area contributed by atoms with E-state index in [1.807, 2.05) is 17.0 Å². The van der Waals surface area contributed by atoms with Gasteiger partial charge in [-0.1, -0.05) is 35.3 Å². The van der Waals surface area contributed by atoms with Crippen LogP contribution in [0.1, 0.15) is 49.7 Å². The highest BCUT2D eigenvalue weighted by Gasteiger charge is 2.38. The lowest BCUT2D eigenvalue weighted by atomic mass is 9.77. The Kier molecular flexibility index (Phi) is 8.00. The zero-order valence-corrected chi connectivity index (χ0v) is 20.7. The van der Waals surface area contributed by atoms with Crippen LogP contribution in [0.4, 0.5) is 10.5 Å². The van der Waals surface area contributed by atoms with Crippen LogP contribution in [0, 0.1) is 11.3 Å². The minimum absolute atomic E-state index is 0.0183. The first-order chi connectivity index (χ1) is 16.4. The summed E-state index contributed by atoms with van der Waals surface area (Å²) in [4.78, 5) is 17.7. The molecule has 2 amide bonds. The summed E-state index contributed by atoms with van der Waals surface area (Å²) < 4.78 is 0. The highest BCUT2D eigenvalue weighted by atomic mass is 35.5. The highest BCUT2D eigenvalue weighted by molar-refractivity contribution is 6.42. The molecule has 4 rings (SSSR count). The maximum Gasteiger partial charge on any atom is 0.322 e. The molecular formula is C26H30Cl2N4O2. The largest absolute Gasteiger partial charge is 0.385 e. The number of halogens is 2. The van der Waals surface area contributed by atoms with Crippen molar-refractivity contribution in [3.8, 4) is 6.07 Å². The van der Waals surface area contributed by atoms with Gasteiger partial charge in [0.2, 0.25) is 0 Å². The van der Waals surface area contributed by atoms with Crippen molar-refractivity contribution in [3.63, 3.8) is 0 Å². The monoisotopic (exact) mass is 500 g/mol. The lowest BCUT2D eigenvalue weighted by Gasteiger charge is -2.41. The third-order valence-electron chi connectivity index (χ3n) is 7.04. The Hall–Kier alpha value is -2.30. The molecule has 0 atom stereocenters. The number of nitriles is 1. The van der Waals surface area contributed by atoms with Crippen molar-refractivity contribution in [3.05, 3.63) is 63.6 Å². The lowest BCUT2D eigenvalue weighted by molar-refractivity contribution is -0.0198. The van der Waals surface area contributed by atoms with E-state index < -0.39 is 5.60 Å². The summed E-state index contributed by atoms with van der Waals surface area (Å²) in [6, 6.07) is 14.3. The highest BCUT2D eigenvalue weighted by Crippen LogP contribution is 2.39. The molecule has 0 unspecified atom stereocenters. The molecule has 2 aromatic rings. The summed E-state index contributed by atoms with van der Waals surface area (Å²) in [5.41, 5.74) is 0.936. The van der Waals surface area contributed by atoms with Gasteiger partial charge in [0.1, 0.15) is 0 Å². The molecule has 2 fully saturated rings. The Morgan fingerprint density at radius 3 is 2.56 bits per heavy atom. The standard InChI is InChI=1S/C26H30Cl2N4O2/c27-23-7-6-21(17-24(23)28)30-25(33)32(15-14-31-12-1-2-13-31)22-8-10-26(34,11-9-22)20-5-3-4-19(16-20)18-29/h3-7,16-17,22,34H,1-2,8-15H2,(H,30,33)/t22-,26-. The molecule has 6 nitrogen and oxygen atoms in total. The average molecular weight is 501 g/mol. The zero-order chi connectivity index (χ0) is 24.1. The van der Waals surface area contributed by atoms with Gasteiger partial charge in [-0.15, -0.1) is 0 Å². The molecule has 8 heteroatoms. The minimum atomic E-state index is -0.982. The first-order valence-corrected chi connectivity index (χ1v) is 12.6. The van der Waals surface area contributed by atoms with Crippen LogP contribution in [0.5, 0.6) is 0 Å². The van der Waals surface area contributed by atoms with Crippen LogP contribution in [0.15, 0.2) is 42.5 Å². The van der Waals surface area contributed by atoms with Gasteiger partial charge in [-0.2, -0.15) is 5.26 Å². The van der Waals surface area contributed by atoms with E-state index in [0.717, 1.165) is 25.2 Å². The van der Waals surface area contributed by atoms with Crippen molar-refractivity contribution in [1.82, 2.24) is 9.80 Å². The molecule has 0 aromatic heterocycles. The summed E-state index contributed by atoms with van der Waals surface area (Å²) in [6.45, 7) is 3.60. The minimum Gasteiger partial charge on any atom is -0.385 e. The van der Waals surface area contributed by atoms with E-state index in [0.29, 0.717) is 53.5 Å². The predicted octanol–water partition coefficient (Wildman–Crippen LogP) is 5.63. The van der Waals surface area contributed by atoms with E-state index in [1.54, 1.807) is 30.3 Å². The fraction of sp³-hybridized carbons (Fsp3) is 0.462. The molecule has 0 radical (unpaired) electrons. The van der Waals surface area contributed by atoms with Crippen molar-refractivity contribution in [1.29, 1.82) is 5.26 Å². The van der Waals surface area contributed by atoms with Crippen LogP contribution in [-0.4, -0.2) is 53.2 Å². The molecule has 34 heavy (non-hydrogen) atoms. The van der Waals surface area contributed by atoms with E-state index in [9.17, 15) is 15.2 Å². The van der Waals surface area contributed by atoms with Crippen molar-refractivity contribution in [2.45, 2.75) is 50.2 Å². The number of carbonyl (C=O) groups is 1. The van der Waals surface area contributed by atoms with Gasteiger partial charge in [-0.3, -0.25) is 0 Å². The second-order valence-electron chi connectivity index (χ2n) is 9.26. The smallest absolute Gasteiger partial charge is 0.322 e. The van der Waals surface area contributed by atoms with Crippen molar-refractivity contribution < 1.29 is 9.90 Å². The van der Waals surface area contributed by atoms with Gasteiger partial charge in [0.25, 0.3) is 0 Å². The van der Waals surface area contributed by atoms with Crippen LogP contribution < -0.4 is 5.32 Å². The van der Waals surface area contributed by atoms with E-state index >= 15 is 0 Å². The second kappa shape index (κ2) is 11.0. The molecule has 1 saturated heterocycles. The van der Waals surface area contributed by atoms with Crippen molar-refractivity contribution in [2.24, 2.45) is 0 Å². The van der Waals surface area contributed by atoms with Gasteiger partial charge in [-0.05, 0) is 87.5 Å². The van der Waals surface area contributed by atoms with E-state index in [2.05, 4.69) is 16.3 Å². The Balaban J connectivity index is 1.46.